The van der Waals surface area contributed by atoms with E-state index in [1.807, 2.05) is 36.4 Å². The van der Waals surface area contributed by atoms with Gasteiger partial charge in [-0.15, -0.1) is 11.3 Å². The summed E-state index contributed by atoms with van der Waals surface area (Å²) in [5.41, 5.74) is 2.84. The third-order valence-corrected chi connectivity index (χ3v) is 9.03. The van der Waals surface area contributed by atoms with Crippen molar-refractivity contribution in [2.75, 3.05) is 13.1 Å². The Hall–Kier alpha value is -2.96. The topological polar surface area (TPSA) is 52.7 Å². The molecule has 2 atom stereocenters. The van der Waals surface area contributed by atoms with Gasteiger partial charge in [0.1, 0.15) is 0 Å². The molecule has 0 bridgehead atoms. The van der Waals surface area contributed by atoms with Crippen LogP contribution < -0.4 is 5.32 Å². The number of hydrogen-bond acceptors (Lipinski definition) is 4. The van der Waals surface area contributed by atoms with E-state index in [-0.39, 0.29) is 23.9 Å². The van der Waals surface area contributed by atoms with E-state index in [0.717, 1.165) is 55.6 Å². The lowest BCUT2D eigenvalue weighted by atomic mass is 9.80. The molecule has 0 spiro atoms. The van der Waals surface area contributed by atoms with E-state index in [0.29, 0.717) is 18.2 Å². The third kappa shape index (κ3) is 5.71. The Morgan fingerprint density at radius 3 is 2.47 bits per heavy atom. The second-order valence-electron chi connectivity index (χ2n) is 10.9. The molecule has 2 aromatic carbocycles. The van der Waals surface area contributed by atoms with Crippen LogP contribution in [0.25, 0.3) is 0 Å². The Morgan fingerprint density at radius 1 is 1.03 bits per heavy atom. The Bertz CT molecular complexity index is 1200. The summed E-state index contributed by atoms with van der Waals surface area (Å²) >= 11 is 1.65. The predicted molar refractivity (Wildman–Crippen MR) is 154 cm³/mol. The number of fused-ring (bicyclic) bond motifs is 1. The molecule has 38 heavy (non-hydrogen) atoms. The number of carbonyl (C=O) groups excluding carboxylic acids is 2. The zero-order chi connectivity index (χ0) is 26.5. The van der Waals surface area contributed by atoms with E-state index >= 15 is 0 Å². The first kappa shape index (κ1) is 26.6. The maximum atomic E-state index is 13.9. The summed E-state index contributed by atoms with van der Waals surface area (Å²) in [6, 6.07) is 22.8. The van der Waals surface area contributed by atoms with Crippen molar-refractivity contribution in [1.29, 1.82) is 0 Å². The number of nitrogens with zero attached hydrogens (tertiary/aromatic N) is 2. The normalized spacial score (nSPS) is 19.8. The van der Waals surface area contributed by atoms with Crippen molar-refractivity contribution < 1.29 is 9.59 Å². The highest BCUT2D eigenvalue weighted by atomic mass is 32.1. The van der Waals surface area contributed by atoms with Gasteiger partial charge in [-0.25, -0.2) is 0 Å². The molecule has 1 aliphatic carbocycles. The fraction of sp³-hybridized carbons (Fsp3) is 0.438. The molecule has 200 valence electrons. The molecule has 2 heterocycles. The first-order valence-electron chi connectivity index (χ1n) is 14.0. The number of benzene rings is 2. The maximum absolute atomic E-state index is 13.9. The Labute approximate surface area is 230 Å². The second-order valence-corrected chi connectivity index (χ2v) is 11.8. The van der Waals surface area contributed by atoms with Crippen molar-refractivity contribution in [3.8, 4) is 0 Å². The van der Waals surface area contributed by atoms with Crippen LogP contribution in [0, 0.1) is 0 Å². The van der Waals surface area contributed by atoms with E-state index in [1.54, 1.807) is 11.3 Å². The molecule has 1 aromatic heterocycles. The van der Waals surface area contributed by atoms with Gasteiger partial charge < -0.3 is 10.2 Å². The molecular formula is C32H39N3O2S. The lowest BCUT2D eigenvalue weighted by Crippen LogP contribution is -2.50. The highest BCUT2D eigenvalue weighted by Crippen LogP contribution is 2.47. The molecule has 3 aromatic rings. The van der Waals surface area contributed by atoms with Gasteiger partial charge >= 0.3 is 0 Å². The Morgan fingerprint density at radius 2 is 1.76 bits per heavy atom. The predicted octanol–water partition coefficient (Wildman–Crippen LogP) is 6.39. The van der Waals surface area contributed by atoms with E-state index in [9.17, 15) is 9.59 Å². The number of amides is 2. The van der Waals surface area contributed by atoms with Crippen LogP contribution in [0.15, 0.2) is 72.1 Å². The number of thiophene rings is 1. The van der Waals surface area contributed by atoms with E-state index < -0.39 is 5.92 Å². The molecule has 5 rings (SSSR count). The van der Waals surface area contributed by atoms with Crippen LogP contribution in [0.1, 0.15) is 84.3 Å². The van der Waals surface area contributed by atoms with Crippen LogP contribution in [-0.2, 0) is 11.3 Å². The van der Waals surface area contributed by atoms with Gasteiger partial charge in [-0.2, -0.15) is 0 Å². The van der Waals surface area contributed by atoms with Gasteiger partial charge in [0.25, 0.3) is 5.91 Å². The third-order valence-electron chi connectivity index (χ3n) is 8.09. The second kappa shape index (κ2) is 12.3. The van der Waals surface area contributed by atoms with Crippen LogP contribution in [0.2, 0.25) is 0 Å². The zero-order valence-electron chi connectivity index (χ0n) is 22.5. The summed E-state index contributed by atoms with van der Waals surface area (Å²) in [4.78, 5) is 33.4. The van der Waals surface area contributed by atoms with E-state index in [4.69, 9.17) is 0 Å². The average molecular weight is 530 g/mol. The van der Waals surface area contributed by atoms with Gasteiger partial charge in [0.2, 0.25) is 5.91 Å². The minimum atomic E-state index is -0.409. The summed E-state index contributed by atoms with van der Waals surface area (Å²) in [6.07, 6.45) is 5.17. The van der Waals surface area contributed by atoms with Crippen molar-refractivity contribution in [2.45, 2.75) is 76.5 Å². The van der Waals surface area contributed by atoms with Gasteiger partial charge in [0, 0.05) is 42.2 Å². The number of carbonyl (C=O) groups is 2. The van der Waals surface area contributed by atoms with E-state index in [2.05, 4.69) is 64.7 Å². The first-order valence-corrected chi connectivity index (χ1v) is 14.9. The zero-order valence-corrected chi connectivity index (χ0v) is 23.3. The van der Waals surface area contributed by atoms with Gasteiger partial charge in [-0.3, -0.25) is 14.5 Å². The van der Waals surface area contributed by atoms with Gasteiger partial charge in [0.05, 0.1) is 12.0 Å². The van der Waals surface area contributed by atoms with Crippen molar-refractivity contribution in [3.63, 3.8) is 0 Å². The van der Waals surface area contributed by atoms with Crippen molar-refractivity contribution in [1.82, 2.24) is 15.1 Å². The van der Waals surface area contributed by atoms with Crippen molar-refractivity contribution in [3.05, 3.63) is 93.7 Å². The molecule has 0 saturated heterocycles. The molecule has 0 unspecified atom stereocenters. The molecule has 1 saturated carbocycles. The average Bonchev–Trinajstić information content (AvgIpc) is 3.66. The van der Waals surface area contributed by atoms with Crippen LogP contribution in [0.4, 0.5) is 0 Å². The smallest absolute Gasteiger partial charge is 0.254 e. The van der Waals surface area contributed by atoms with Gasteiger partial charge in [-0.1, -0.05) is 67.4 Å². The number of nitrogens with one attached hydrogen (secondary N) is 1. The van der Waals surface area contributed by atoms with Crippen molar-refractivity contribution in [2.24, 2.45) is 0 Å². The van der Waals surface area contributed by atoms with Crippen LogP contribution >= 0.6 is 11.3 Å². The van der Waals surface area contributed by atoms with Crippen LogP contribution in [-0.4, -0.2) is 46.8 Å². The summed E-state index contributed by atoms with van der Waals surface area (Å²) in [7, 11) is 0. The fourth-order valence-electron chi connectivity index (χ4n) is 6.12. The quantitative estimate of drug-likeness (QED) is 0.310. The molecule has 2 amide bonds. The molecule has 0 radical (unpaired) electrons. The molecule has 1 aliphatic heterocycles. The molecule has 5 nitrogen and oxygen atoms in total. The highest BCUT2D eigenvalue weighted by molar-refractivity contribution is 7.10. The van der Waals surface area contributed by atoms with Gasteiger partial charge in [-0.05, 0) is 61.7 Å². The molecule has 2 aliphatic rings. The molecule has 6 heteroatoms. The first-order chi connectivity index (χ1) is 18.5. The molecule has 1 N–H and O–H groups in total. The van der Waals surface area contributed by atoms with Crippen molar-refractivity contribution >= 4 is 23.2 Å². The summed E-state index contributed by atoms with van der Waals surface area (Å²) < 4.78 is 0. The Kier molecular flexibility index (Phi) is 8.60. The molecular weight excluding hydrogens is 490 g/mol. The lowest BCUT2D eigenvalue weighted by molar-refractivity contribution is -0.124. The summed E-state index contributed by atoms with van der Waals surface area (Å²) in [6.45, 7) is 6.88. The summed E-state index contributed by atoms with van der Waals surface area (Å²) in [5.74, 6) is -0.317. The van der Waals surface area contributed by atoms with E-state index in [1.165, 1.54) is 5.56 Å². The monoisotopic (exact) mass is 529 g/mol. The summed E-state index contributed by atoms with van der Waals surface area (Å²) in [5, 5.41) is 5.32. The standard InChI is InChI=1S/C32H39N3O2S/c1-23(2)34(22-24-12-4-3-5-13-24)20-11-19-33-31(36)29-26-16-8-9-17-27(26)32(37)35(25-14-6-7-15-25)30(29)28-18-10-21-38-28/h3-5,8-10,12-13,16-18,21,23,25,29-30H,6-7,11,14-15,19-20,22H2,1-2H3,(H,33,36)/t29-,30+/m1/s1. The largest absolute Gasteiger partial charge is 0.355 e. The minimum Gasteiger partial charge on any atom is -0.355 e. The number of hydrogen-bond donors (Lipinski definition) is 1. The minimum absolute atomic E-state index is 0.0190. The van der Waals surface area contributed by atoms with Gasteiger partial charge in [0.15, 0.2) is 0 Å². The highest BCUT2D eigenvalue weighted by Gasteiger charge is 2.47. The maximum Gasteiger partial charge on any atom is 0.254 e. The molecule has 1 fully saturated rings. The Balaban J connectivity index is 1.33. The number of rotatable bonds is 10. The SMILES string of the molecule is CC(C)N(CCCNC(=O)[C@@H]1c2ccccc2C(=O)N(C2CCCC2)[C@H]1c1cccs1)Cc1ccccc1. The van der Waals surface area contributed by atoms with Crippen LogP contribution in [0.3, 0.4) is 0 Å². The van der Waals surface area contributed by atoms with Crippen LogP contribution in [0.5, 0.6) is 0 Å². The fourth-order valence-corrected chi connectivity index (χ4v) is 6.98. The lowest BCUT2D eigenvalue weighted by Gasteiger charge is -2.44.